The van der Waals surface area contributed by atoms with Gasteiger partial charge in [0.2, 0.25) is 0 Å². The van der Waals surface area contributed by atoms with Gasteiger partial charge in [-0.05, 0) is 31.5 Å². The van der Waals surface area contributed by atoms with Crippen LogP contribution in [0.15, 0.2) is 30.3 Å². The number of carbonyl (C=O) groups is 2. The van der Waals surface area contributed by atoms with Crippen LogP contribution in [-0.4, -0.2) is 19.0 Å². The molecule has 2 aromatic carbocycles. The number of rotatable bonds is 3. The molecule has 0 atom stereocenters. The van der Waals surface area contributed by atoms with Crippen LogP contribution in [0.25, 0.3) is 0 Å². The number of anilines is 1. The summed E-state index contributed by atoms with van der Waals surface area (Å²) >= 11 is 0. The van der Waals surface area contributed by atoms with E-state index in [0.717, 1.165) is 24.3 Å². The van der Waals surface area contributed by atoms with Crippen molar-refractivity contribution in [2.75, 3.05) is 12.4 Å². The summed E-state index contributed by atoms with van der Waals surface area (Å²) in [5.74, 6) is -3.54. The third-order valence-corrected chi connectivity index (χ3v) is 3.34. The van der Waals surface area contributed by atoms with Gasteiger partial charge < -0.3 is 10.1 Å². The van der Waals surface area contributed by atoms with E-state index >= 15 is 0 Å². The van der Waals surface area contributed by atoms with Crippen LogP contribution < -0.4 is 5.32 Å². The van der Waals surface area contributed by atoms with E-state index in [0.29, 0.717) is 11.6 Å². The monoisotopic (exact) mass is 319 g/mol. The van der Waals surface area contributed by atoms with Crippen molar-refractivity contribution in [2.45, 2.75) is 13.8 Å². The lowest BCUT2D eigenvalue weighted by Gasteiger charge is -2.11. The number of carbonyl (C=O) groups excluding carboxylic acids is 2. The van der Waals surface area contributed by atoms with Gasteiger partial charge in [-0.3, -0.25) is 4.79 Å². The molecule has 0 aliphatic heterocycles. The molecule has 2 rings (SSSR count). The van der Waals surface area contributed by atoms with Crippen molar-refractivity contribution in [1.29, 1.82) is 0 Å². The molecule has 0 aliphatic rings. The number of methoxy groups -OCH3 is 1. The lowest BCUT2D eigenvalue weighted by atomic mass is 10.0. The van der Waals surface area contributed by atoms with E-state index in [2.05, 4.69) is 10.1 Å². The van der Waals surface area contributed by atoms with E-state index in [-0.39, 0.29) is 5.69 Å². The summed E-state index contributed by atoms with van der Waals surface area (Å²) in [5, 5.41) is 2.34. The normalized spacial score (nSPS) is 10.3. The molecule has 0 bridgehead atoms. The first-order valence-electron chi connectivity index (χ1n) is 6.79. The Morgan fingerprint density at radius 2 is 1.70 bits per heavy atom. The molecule has 0 unspecified atom stereocenters. The van der Waals surface area contributed by atoms with Gasteiger partial charge in [0.25, 0.3) is 5.91 Å². The molecule has 120 valence electrons. The molecule has 23 heavy (non-hydrogen) atoms. The van der Waals surface area contributed by atoms with Crippen LogP contribution in [0.4, 0.5) is 14.5 Å². The van der Waals surface area contributed by atoms with Crippen LogP contribution in [0.2, 0.25) is 0 Å². The lowest BCUT2D eigenvalue weighted by molar-refractivity contribution is 0.0595. The fraction of sp³-hybridized carbons (Fsp3) is 0.176. The zero-order chi connectivity index (χ0) is 17.1. The van der Waals surface area contributed by atoms with E-state index in [1.54, 1.807) is 19.1 Å². The second kappa shape index (κ2) is 6.56. The van der Waals surface area contributed by atoms with Gasteiger partial charge in [0.05, 0.1) is 18.4 Å². The van der Waals surface area contributed by atoms with Crippen LogP contribution in [-0.2, 0) is 4.74 Å². The Morgan fingerprint density at radius 3 is 2.30 bits per heavy atom. The average Bonchev–Trinajstić information content (AvgIpc) is 2.49. The summed E-state index contributed by atoms with van der Waals surface area (Å²) < 4.78 is 31.8. The molecule has 2 aromatic rings. The fourth-order valence-electron chi connectivity index (χ4n) is 2.17. The Morgan fingerprint density at radius 1 is 1.00 bits per heavy atom. The second-order valence-corrected chi connectivity index (χ2v) is 5.08. The third kappa shape index (κ3) is 3.53. The molecule has 0 aromatic heterocycles. The molecule has 0 aliphatic carbocycles. The SMILES string of the molecule is COC(=O)c1cc(NC(=O)c2ccc(C)cc2C)c(F)cc1F. The highest BCUT2D eigenvalue weighted by atomic mass is 19.1. The number of ether oxygens (including phenoxy) is 1. The van der Waals surface area contributed by atoms with Gasteiger partial charge in [0, 0.05) is 11.6 Å². The Balaban J connectivity index is 2.35. The predicted molar refractivity (Wildman–Crippen MR) is 81.6 cm³/mol. The molecular weight excluding hydrogens is 304 g/mol. The minimum absolute atomic E-state index is 0.295. The molecule has 1 amide bonds. The molecule has 6 heteroatoms. The fourth-order valence-corrected chi connectivity index (χ4v) is 2.17. The molecule has 0 heterocycles. The van der Waals surface area contributed by atoms with E-state index in [9.17, 15) is 18.4 Å². The lowest BCUT2D eigenvalue weighted by Crippen LogP contribution is -2.16. The first-order chi connectivity index (χ1) is 10.8. The van der Waals surface area contributed by atoms with Crippen LogP contribution >= 0.6 is 0 Å². The van der Waals surface area contributed by atoms with Gasteiger partial charge in [-0.2, -0.15) is 0 Å². The van der Waals surface area contributed by atoms with E-state index in [1.165, 1.54) is 0 Å². The minimum atomic E-state index is -1.06. The Labute approximate surface area is 132 Å². The summed E-state index contributed by atoms with van der Waals surface area (Å²) in [5.41, 5.74) is 1.32. The molecule has 0 saturated carbocycles. The van der Waals surface area contributed by atoms with Crippen LogP contribution in [0.1, 0.15) is 31.8 Å². The van der Waals surface area contributed by atoms with E-state index in [1.807, 2.05) is 13.0 Å². The maximum atomic E-state index is 13.8. The predicted octanol–water partition coefficient (Wildman–Crippen LogP) is 3.62. The first-order valence-corrected chi connectivity index (χ1v) is 6.79. The number of esters is 1. The number of halogens is 2. The van der Waals surface area contributed by atoms with Gasteiger partial charge in [-0.15, -0.1) is 0 Å². The molecule has 1 N–H and O–H groups in total. The van der Waals surface area contributed by atoms with Crippen LogP contribution in [0, 0.1) is 25.5 Å². The zero-order valence-electron chi connectivity index (χ0n) is 12.9. The van der Waals surface area contributed by atoms with Gasteiger partial charge in [-0.25, -0.2) is 13.6 Å². The topological polar surface area (TPSA) is 55.4 Å². The van der Waals surface area contributed by atoms with Crippen molar-refractivity contribution in [3.63, 3.8) is 0 Å². The second-order valence-electron chi connectivity index (χ2n) is 5.08. The number of hydrogen-bond donors (Lipinski definition) is 1. The summed E-state index contributed by atoms with van der Waals surface area (Å²) in [6, 6.07) is 6.63. The summed E-state index contributed by atoms with van der Waals surface area (Å²) in [4.78, 5) is 23.7. The summed E-state index contributed by atoms with van der Waals surface area (Å²) in [6.45, 7) is 3.64. The number of nitrogens with one attached hydrogen (secondary N) is 1. The molecular formula is C17H15F2NO3. The van der Waals surface area contributed by atoms with Gasteiger partial charge >= 0.3 is 5.97 Å². The molecule has 0 spiro atoms. The van der Waals surface area contributed by atoms with Crippen molar-refractivity contribution in [3.8, 4) is 0 Å². The van der Waals surface area contributed by atoms with Gasteiger partial charge in [0.1, 0.15) is 11.6 Å². The van der Waals surface area contributed by atoms with Crippen LogP contribution in [0.5, 0.6) is 0 Å². The highest BCUT2D eigenvalue weighted by Crippen LogP contribution is 2.22. The van der Waals surface area contributed by atoms with Crippen molar-refractivity contribution in [3.05, 3.63) is 64.2 Å². The maximum absolute atomic E-state index is 13.8. The van der Waals surface area contributed by atoms with Crippen molar-refractivity contribution in [2.24, 2.45) is 0 Å². The Bertz CT molecular complexity index is 788. The van der Waals surface area contributed by atoms with Crippen molar-refractivity contribution < 1.29 is 23.1 Å². The highest BCUT2D eigenvalue weighted by Gasteiger charge is 2.18. The highest BCUT2D eigenvalue weighted by molar-refractivity contribution is 6.06. The molecule has 0 fully saturated rings. The van der Waals surface area contributed by atoms with Gasteiger partial charge in [-0.1, -0.05) is 17.7 Å². The largest absolute Gasteiger partial charge is 0.465 e. The van der Waals surface area contributed by atoms with Crippen LogP contribution in [0.3, 0.4) is 0 Å². The number of aryl methyl sites for hydroxylation is 2. The molecule has 4 nitrogen and oxygen atoms in total. The van der Waals surface area contributed by atoms with E-state index in [4.69, 9.17) is 0 Å². The number of benzene rings is 2. The first kappa shape index (κ1) is 16.6. The zero-order valence-corrected chi connectivity index (χ0v) is 12.9. The van der Waals surface area contributed by atoms with Crippen molar-refractivity contribution >= 4 is 17.6 Å². The average molecular weight is 319 g/mol. The molecule has 0 radical (unpaired) electrons. The standard InChI is InChI=1S/C17H15F2NO3/c1-9-4-5-11(10(2)6-9)16(21)20-15-7-12(17(22)23-3)13(18)8-14(15)19/h4-8H,1-3H3,(H,20,21). The van der Waals surface area contributed by atoms with E-state index < -0.39 is 29.1 Å². The smallest absolute Gasteiger partial charge is 0.340 e. The summed E-state index contributed by atoms with van der Waals surface area (Å²) in [7, 11) is 1.08. The number of amides is 1. The van der Waals surface area contributed by atoms with Gasteiger partial charge in [0.15, 0.2) is 0 Å². The Hall–Kier alpha value is -2.76. The minimum Gasteiger partial charge on any atom is -0.465 e. The van der Waals surface area contributed by atoms with Crippen molar-refractivity contribution in [1.82, 2.24) is 0 Å². The third-order valence-electron chi connectivity index (χ3n) is 3.34. The summed E-state index contributed by atoms with van der Waals surface area (Å²) in [6.07, 6.45) is 0. The maximum Gasteiger partial charge on any atom is 0.340 e. The molecule has 0 saturated heterocycles. The quantitative estimate of drug-likeness (QED) is 0.879. The Kier molecular flexibility index (Phi) is 4.74. The number of hydrogen-bond acceptors (Lipinski definition) is 3.